The second-order valence-corrected chi connectivity index (χ2v) is 6.16. The van der Waals surface area contributed by atoms with Crippen molar-refractivity contribution in [2.24, 2.45) is 5.73 Å². The van der Waals surface area contributed by atoms with Crippen molar-refractivity contribution in [1.82, 2.24) is 0 Å². The average molecular weight is 318 g/mol. The maximum absolute atomic E-state index is 6.43. The van der Waals surface area contributed by atoms with Crippen LogP contribution in [0.3, 0.4) is 0 Å². The Morgan fingerprint density at radius 1 is 0.789 bits per heavy atom. The molecule has 0 amide bonds. The normalized spacial score (nSPS) is 12.5. The van der Waals surface area contributed by atoms with E-state index in [-0.39, 0.29) is 6.04 Å². The first-order chi connectivity index (χ1) is 8.88. The summed E-state index contributed by atoms with van der Waals surface area (Å²) >= 11 is 3.60. The second-order valence-electron chi connectivity index (χ2n) is 5.37. The summed E-state index contributed by atoms with van der Waals surface area (Å²) in [5.41, 5.74) is 13.8. The molecule has 2 N–H and O–H groups in total. The van der Waals surface area contributed by atoms with E-state index in [9.17, 15) is 0 Å². The van der Waals surface area contributed by atoms with Gasteiger partial charge in [0, 0.05) is 4.47 Å². The highest BCUT2D eigenvalue weighted by Crippen LogP contribution is 2.28. The lowest BCUT2D eigenvalue weighted by atomic mass is 9.94. The molecule has 0 saturated carbocycles. The van der Waals surface area contributed by atoms with Gasteiger partial charge in [0.25, 0.3) is 0 Å². The molecule has 0 spiro atoms. The summed E-state index contributed by atoms with van der Waals surface area (Å²) in [6.07, 6.45) is 0. The molecule has 0 aliphatic heterocycles. The monoisotopic (exact) mass is 317 g/mol. The molecule has 0 fully saturated rings. The minimum absolute atomic E-state index is 0.0656. The van der Waals surface area contributed by atoms with Crippen LogP contribution in [0.15, 0.2) is 34.8 Å². The summed E-state index contributed by atoms with van der Waals surface area (Å²) in [6.45, 7) is 8.44. The Balaban J connectivity index is 2.46. The van der Waals surface area contributed by atoms with E-state index in [1.807, 2.05) is 0 Å². The quantitative estimate of drug-likeness (QED) is 0.851. The fourth-order valence-electron chi connectivity index (χ4n) is 2.54. The van der Waals surface area contributed by atoms with Gasteiger partial charge in [-0.15, -0.1) is 0 Å². The van der Waals surface area contributed by atoms with Crippen molar-refractivity contribution in [3.05, 3.63) is 68.2 Å². The third-order valence-corrected chi connectivity index (χ3v) is 4.67. The number of nitrogens with two attached hydrogens (primary N) is 1. The van der Waals surface area contributed by atoms with Crippen LogP contribution in [0.25, 0.3) is 0 Å². The highest BCUT2D eigenvalue weighted by molar-refractivity contribution is 9.10. The van der Waals surface area contributed by atoms with Crippen molar-refractivity contribution in [2.45, 2.75) is 33.7 Å². The number of aryl methyl sites for hydroxylation is 4. The molecule has 2 aromatic rings. The van der Waals surface area contributed by atoms with E-state index >= 15 is 0 Å². The van der Waals surface area contributed by atoms with Gasteiger partial charge < -0.3 is 5.73 Å². The standard InChI is InChI=1S/C17H20BrN/c1-10-5-11(2)7-14(6-10)17(19)15-8-12(3)16(18)13(4)9-15/h5-9,17H,19H2,1-4H3. The molecule has 0 saturated heterocycles. The maximum Gasteiger partial charge on any atom is 0.0552 e. The zero-order valence-corrected chi connectivity index (χ0v) is 13.5. The predicted octanol–water partition coefficient (Wildman–Crippen LogP) is 4.73. The van der Waals surface area contributed by atoms with Gasteiger partial charge in [0.2, 0.25) is 0 Å². The minimum atomic E-state index is -0.0656. The molecule has 1 unspecified atom stereocenters. The topological polar surface area (TPSA) is 26.0 Å². The van der Waals surface area contributed by atoms with Crippen LogP contribution in [0.1, 0.15) is 39.4 Å². The van der Waals surface area contributed by atoms with Crippen LogP contribution in [0.4, 0.5) is 0 Å². The maximum atomic E-state index is 6.43. The Labute approximate surface area is 124 Å². The molecule has 1 atom stereocenters. The summed E-state index contributed by atoms with van der Waals surface area (Å²) in [4.78, 5) is 0. The summed E-state index contributed by atoms with van der Waals surface area (Å²) in [5.74, 6) is 0. The number of rotatable bonds is 2. The van der Waals surface area contributed by atoms with Crippen LogP contribution in [0.2, 0.25) is 0 Å². The number of benzene rings is 2. The molecule has 0 radical (unpaired) electrons. The summed E-state index contributed by atoms with van der Waals surface area (Å²) in [6, 6.07) is 10.8. The van der Waals surface area contributed by atoms with Crippen LogP contribution in [-0.2, 0) is 0 Å². The predicted molar refractivity (Wildman–Crippen MR) is 85.6 cm³/mol. The molecule has 1 nitrogen and oxygen atoms in total. The minimum Gasteiger partial charge on any atom is -0.320 e. The van der Waals surface area contributed by atoms with Gasteiger partial charge in [-0.3, -0.25) is 0 Å². The summed E-state index contributed by atoms with van der Waals surface area (Å²) in [5, 5.41) is 0. The number of hydrogen-bond acceptors (Lipinski definition) is 1. The Morgan fingerprint density at radius 3 is 1.68 bits per heavy atom. The zero-order chi connectivity index (χ0) is 14.2. The molecule has 2 rings (SSSR count). The molecule has 0 aliphatic rings. The fraction of sp³-hybridized carbons (Fsp3) is 0.294. The molecule has 0 aliphatic carbocycles. The fourth-order valence-corrected chi connectivity index (χ4v) is 2.77. The van der Waals surface area contributed by atoms with E-state index in [0.29, 0.717) is 0 Å². The molecule has 2 heteroatoms. The third-order valence-electron chi connectivity index (χ3n) is 3.42. The van der Waals surface area contributed by atoms with Crippen molar-refractivity contribution in [2.75, 3.05) is 0 Å². The molecular formula is C17H20BrN. The highest BCUT2D eigenvalue weighted by Gasteiger charge is 2.12. The molecule has 2 aromatic carbocycles. The van der Waals surface area contributed by atoms with Gasteiger partial charge in [0.05, 0.1) is 6.04 Å². The van der Waals surface area contributed by atoms with Crippen LogP contribution in [0.5, 0.6) is 0 Å². The Bertz CT molecular complexity index is 573. The average Bonchev–Trinajstić information content (AvgIpc) is 2.33. The van der Waals surface area contributed by atoms with Gasteiger partial charge in [-0.1, -0.05) is 57.4 Å². The lowest BCUT2D eigenvalue weighted by Gasteiger charge is -2.17. The molecule has 19 heavy (non-hydrogen) atoms. The van der Waals surface area contributed by atoms with E-state index < -0.39 is 0 Å². The van der Waals surface area contributed by atoms with Gasteiger partial charge >= 0.3 is 0 Å². The van der Waals surface area contributed by atoms with Crippen LogP contribution in [0, 0.1) is 27.7 Å². The summed E-state index contributed by atoms with van der Waals surface area (Å²) in [7, 11) is 0. The van der Waals surface area contributed by atoms with E-state index in [1.54, 1.807) is 0 Å². The Kier molecular flexibility index (Phi) is 4.12. The second kappa shape index (κ2) is 5.48. The largest absolute Gasteiger partial charge is 0.320 e. The van der Waals surface area contributed by atoms with E-state index in [0.717, 1.165) is 0 Å². The lowest BCUT2D eigenvalue weighted by Crippen LogP contribution is -2.13. The van der Waals surface area contributed by atoms with Crippen molar-refractivity contribution in [3.8, 4) is 0 Å². The van der Waals surface area contributed by atoms with Crippen molar-refractivity contribution >= 4 is 15.9 Å². The molecule has 100 valence electrons. The number of hydrogen-bond donors (Lipinski definition) is 1. The van der Waals surface area contributed by atoms with Crippen LogP contribution >= 0.6 is 15.9 Å². The molecule has 0 bridgehead atoms. The Morgan fingerprint density at radius 2 is 1.21 bits per heavy atom. The van der Waals surface area contributed by atoms with E-state index in [4.69, 9.17) is 5.73 Å². The van der Waals surface area contributed by atoms with E-state index in [2.05, 4.69) is 74.0 Å². The van der Waals surface area contributed by atoms with Crippen molar-refractivity contribution < 1.29 is 0 Å². The van der Waals surface area contributed by atoms with Crippen molar-refractivity contribution in [1.29, 1.82) is 0 Å². The first kappa shape index (κ1) is 14.3. The van der Waals surface area contributed by atoms with Crippen LogP contribution < -0.4 is 5.73 Å². The third kappa shape index (κ3) is 3.07. The molecule has 0 aromatic heterocycles. The van der Waals surface area contributed by atoms with E-state index in [1.165, 1.54) is 37.9 Å². The summed E-state index contributed by atoms with van der Waals surface area (Å²) < 4.78 is 1.17. The zero-order valence-electron chi connectivity index (χ0n) is 11.9. The smallest absolute Gasteiger partial charge is 0.0552 e. The van der Waals surface area contributed by atoms with Crippen molar-refractivity contribution in [3.63, 3.8) is 0 Å². The van der Waals surface area contributed by atoms with Crippen LogP contribution in [-0.4, -0.2) is 0 Å². The Hall–Kier alpha value is -1.12. The van der Waals surface area contributed by atoms with Gasteiger partial charge in [0.1, 0.15) is 0 Å². The van der Waals surface area contributed by atoms with Gasteiger partial charge in [-0.25, -0.2) is 0 Å². The highest BCUT2D eigenvalue weighted by atomic mass is 79.9. The molecule has 0 heterocycles. The number of halogens is 1. The lowest BCUT2D eigenvalue weighted by molar-refractivity contribution is 0.863. The SMILES string of the molecule is Cc1cc(C)cc(C(N)c2cc(C)c(Br)c(C)c2)c1. The van der Waals surface area contributed by atoms with Gasteiger partial charge in [0.15, 0.2) is 0 Å². The van der Waals surface area contributed by atoms with Gasteiger partial charge in [-0.2, -0.15) is 0 Å². The van der Waals surface area contributed by atoms with Gasteiger partial charge in [-0.05, 0) is 49.9 Å². The first-order valence-corrected chi connectivity index (χ1v) is 7.28. The first-order valence-electron chi connectivity index (χ1n) is 6.49. The molecular weight excluding hydrogens is 298 g/mol.